The number of hydrogen-bond acceptors (Lipinski definition) is 7. The molecular formula is C20H35N7O2. The SMILES string of the molecule is C1CCOC1.Cc1cc(Nc2cc(=O)[nH]c(N(C)C(C)CC(C)N(C)C)n2)n[nH]1. The molecule has 2 atom stereocenters. The maximum atomic E-state index is 12.0. The van der Waals surface area contributed by atoms with Crippen molar-refractivity contribution in [2.75, 3.05) is 44.6 Å². The van der Waals surface area contributed by atoms with Crippen molar-refractivity contribution < 1.29 is 4.74 Å². The molecule has 2 unspecified atom stereocenters. The molecule has 0 amide bonds. The molecule has 3 rings (SSSR count). The van der Waals surface area contributed by atoms with Crippen molar-refractivity contribution in [3.05, 3.63) is 28.2 Å². The van der Waals surface area contributed by atoms with E-state index in [1.807, 2.05) is 24.9 Å². The van der Waals surface area contributed by atoms with Gasteiger partial charge in [0.1, 0.15) is 5.82 Å². The first-order valence-electron chi connectivity index (χ1n) is 10.1. The standard InChI is InChI=1S/C16H27N7O.C4H8O/c1-10-7-14(21-20-10)17-13-9-15(24)19-16(18-13)23(6)12(3)8-11(2)22(4)5;1-2-4-5-3-1/h7,9,11-12H,8H2,1-6H3,(H3,17,18,19,20,21,24);1-4H2. The third-order valence-corrected chi connectivity index (χ3v) is 5.08. The van der Waals surface area contributed by atoms with Crippen LogP contribution in [0.1, 0.15) is 38.8 Å². The van der Waals surface area contributed by atoms with Crippen molar-refractivity contribution in [1.29, 1.82) is 0 Å². The molecule has 0 saturated carbocycles. The predicted molar refractivity (Wildman–Crippen MR) is 117 cm³/mol. The molecule has 0 bridgehead atoms. The van der Waals surface area contributed by atoms with Crippen LogP contribution >= 0.6 is 0 Å². The molecule has 0 spiro atoms. The highest BCUT2D eigenvalue weighted by Crippen LogP contribution is 2.17. The number of nitrogens with zero attached hydrogens (tertiary/aromatic N) is 4. The second-order valence-corrected chi connectivity index (χ2v) is 7.84. The number of rotatable bonds is 7. The summed E-state index contributed by atoms with van der Waals surface area (Å²) < 4.78 is 4.94. The number of nitrogens with one attached hydrogen (secondary N) is 3. The summed E-state index contributed by atoms with van der Waals surface area (Å²) in [6, 6.07) is 3.94. The van der Waals surface area contributed by atoms with Gasteiger partial charge in [-0.2, -0.15) is 10.1 Å². The third kappa shape index (κ3) is 7.51. The molecule has 1 aliphatic rings. The van der Waals surface area contributed by atoms with Crippen LogP contribution in [-0.4, -0.2) is 71.5 Å². The number of anilines is 3. The molecule has 0 aromatic carbocycles. The number of aromatic amines is 2. The van der Waals surface area contributed by atoms with Gasteiger partial charge in [0, 0.05) is 50.2 Å². The van der Waals surface area contributed by atoms with Crippen LogP contribution in [0.3, 0.4) is 0 Å². The van der Waals surface area contributed by atoms with Crippen LogP contribution in [0.2, 0.25) is 0 Å². The van der Waals surface area contributed by atoms with E-state index in [0.717, 1.165) is 25.3 Å². The molecule has 9 heteroatoms. The molecule has 1 saturated heterocycles. The molecule has 2 aromatic rings. The normalized spacial score (nSPS) is 15.6. The maximum Gasteiger partial charge on any atom is 0.254 e. The van der Waals surface area contributed by atoms with E-state index in [-0.39, 0.29) is 11.6 Å². The van der Waals surface area contributed by atoms with Gasteiger partial charge in [-0.3, -0.25) is 14.9 Å². The van der Waals surface area contributed by atoms with Crippen molar-refractivity contribution in [2.45, 2.75) is 52.1 Å². The molecule has 1 aliphatic heterocycles. The largest absolute Gasteiger partial charge is 0.381 e. The average Bonchev–Trinajstić information content (AvgIpc) is 3.35. The zero-order valence-electron chi connectivity index (χ0n) is 18.5. The van der Waals surface area contributed by atoms with E-state index in [4.69, 9.17) is 4.74 Å². The Bertz CT molecular complexity index is 791. The van der Waals surface area contributed by atoms with Gasteiger partial charge in [-0.1, -0.05) is 0 Å². The Morgan fingerprint density at radius 3 is 2.34 bits per heavy atom. The van der Waals surface area contributed by atoms with E-state index >= 15 is 0 Å². The molecular weight excluding hydrogens is 370 g/mol. The summed E-state index contributed by atoms with van der Waals surface area (Å²) in [6.45, 7) is 8.21. The van der Waals surface area contributed by atoms with Gasteiger partial charge in [0.2, 0.25) is 5.95 Å². The van der Waals surface area contributed by atoms with Crippen LogP contribution in [0, 0.1) is 6.92 Å². The summed E-state index contributed by atoms with van der Waals surface area (Å²) >= 11 is 0. The Hall–Kier alpha value is -2.39. The Kier molecular flexibility index (Phi) is 8.66. The van der Waals surface area contributed by atoms with E-state index in [2.05, 4.69) is 58.3 Å². The quantitative estimate of drug-likeness (QED) is 0.650. The second kappa shape index (κ2) is 11.0. The lowest BCUT2D eigenvalue weighted by Crippen LogP contribution is -2.37. The van der Waals surface area contributed by atoms with Crippen molar-refractivity contribution in [3.63, 3.8) is 0 Å². The van der Waals surface area contributed by atoms with Gasteiger partial charge in [-0.05, 0) is 54.1 Å². The van der Waals surface area contributed by atoms with Crippen LogP contribution in [0.25, 0.3) is 0 Å². The molecule has 162 valence electrons. The van der Waals surface area contributed by atoms with Crippen LogP contribution < -0.4 is 15.8 Å². The molecule has 9 nitrogen and oxygen atoms in total. The van der Waals surface area contributed by atoms with Crippen molar-refractivity contribution in [1.82, 2.24) is 25.1 Å². The fourth-order valence-electron chi connectivity index (χ4n) is 2.87. The average molecular weight is 406 g/mol. The highest BCUT2D eigenvalue weighted by atomic mass is 16.5. The Morgan fingerprint density at radius 2 is 1.83 bits per heavy atom. The monoisotopic (exact) mass is 405 g/mol. The predicted octanol–water partition coefficient (Wildman–Crippen LogP) is 2.51. The molecule has 3 N–H and O–H groups in total. The first-order valence-corrected chi connectivity index (χ1v) is 10.1. The number of aromatic nitrogens is 4. The van der Waals surface area contributed by atoms with E-state index < -0.39 is 0 Å². The lowest BCUT2D eigenvalue weighted by molar-refractivity contribution is 0.198. The minimum atomic E-state index is -0.200. The lowest BCUT2D eigenvalue weighted by atomic mass is 10.1. The summed E-state index contributed by atoms with van der Waals surface area (Å²) in [5.74, 6) is 1.64. The number of aryl methyl sites for hydroxylation is 1. The highest BCUT2D eigenvalue weighted by molar-refractivity contribution is 5.53. The minimum Gasteiger partial charge on any atom is -0.381 e. The van der Waals surface area contributed by atoms with E-state index in [1.54, 1.807) is 0 Å². The summed E-state index contributed by atoms with van der Waals surface area (Å²) in [7, 11) is 6.07. The van der Waals surface area contributed by atoms with E-state index in [9.17, 15) is 4.79 Å². The van der Waals surface area contributed by atoms with Gasteiger partial charge < -0.3 is 19.9 Å². The Morgan fingerprint density at radius 1 is 1.14 bits per heavy atom. The Balaban J connectivity index is 0.000000521. The summed E-state index contributed by atoms with van der Waals surface area (Å²) in [5.41, 5.74) is 0.737. The van der Waals surface area contributed by atoms with Gasteiger partial charge in [-0.25, -0.2) is 0 Å². The highest BCUT2D eigenvalue weighted by Gasteiger charge is 2.17. The zero-order valence-corrected chi connectivity index (χ0v) is 18.5. The van der Waals surface area contributed by atoms with Crippen LogP contribution in [0.4, 0.5) is 17.6 Å². The fraction of sp³-hybridized carbons (Fsp3) is 0.650. The molecule has 3 heterocycles. The number of H-pyrrole nitrogens is 2. The minimum absolute atomic E-state index is 0.200. The van der Waals surface area contributed by atoms with Crippen LogP contribution in [0.15, 0.2) is 16.9 Å². The fourth-order valence-corrected chi connectivity index (χ4v) is 2.87. The van der Waals surface area contributed by atoms with Gasteiger partial charge in [0.05, 0.1) is 0 Å². The van der Waals surface area contributed by atoms with Crippen molar-refractivity contribution >= 4 is 17.6 Å². The number of hydrogen-bond donors (Lipinski definition) is 3. The third-order valence-electron chi connectivity index (χ3n) is 5.08. The Labute approximate surface area is 172 Å². The molecule has 0 radical (unpaired) electrons. The molecule has 1 fully saturated rings. The van der Waals surface area contributed by atoms with E-state index in [0.29, 0.717) is 23.6 Å². The van der Waals surface area contributed by atoms with Crippen LogP contribution in [0.5, 0.6) is 0 Å². The van der Waals surface area contributed by atoms with Gasteiger partial charge >= 0.3 is 0 Å². The lowest BCUT2D eigenvalue weighted by Gasteiger charge is -2.30. The maximum absolute atomic E-state index is 12.0. The van der Waals surface area contributed by atoms with Crippen molar-refractivity contribution in [3.8, 4) is 0 Å². The first-order chi connectivity index (χ1) is 13.8. The summed E-state index contributed by atoms with van der Waals surface area (Å²) in [4.78, 5) is 23.4. The molecule has 29 heavy (non-hydrogen) atoms. The summed E-state index contributed by atoms with van der Waals surface area (Å²) in [5, 5.41) is 10.0. The first kappa shape index (κ1) is 22.9. The summed E-state index contributed by atoms with van der Waals surface area (Å²) in [6.07, 6.45) is 3.52. The molecule has 0 aliphatic carbocycles. The number of ether oxygens (including phenoxy) is 1. The van der Waals surface area contributed by atoms with Crippen LogP contribution in [-0.2, 0) is 4.74 Å². The smallest absolute Gasteiger partial charge is 0.254 e. The van der Waals surface area contributed by atoms with E-state index in [1.165, 1.54) is 18.9 Å². The topological polar surface area (TPSA) is 102 Å². The van der Waals surface area contributed by atoms with Gasteiger partial charge in [0.25, 0.3) is 5.56 Å². The second-order valence-electron chi connectivity index (χ2n) is 7.84. The zero-order chi connectivity index (χ0) is 21.4. The van der Waals surface area contributed by atoms with Gasteiger partial charge in [0.15, 0.2) is 5.82 Å². The van der Waals surface area contributed by atoms with Crippen molar-refractivity contribution in [2.24, 2.45) is 0 Å². The molecule has 2 aromatic heterocycles. The van der Waals surface area contributed by atoms with Gasteiger partial charge in [-0.15, -0.1) is 0 Å².